The first kappa shape index (κ1) is 12.8. The molecule has 1 aliphatic heterocycles. The van der Waals surface area contributed by atoms with E-state index in [4.69, 9.17) is 5.73 Å². The summed E-state index contributed by atoms with van der Waals surface area (Å²) in [6.07, 6.45) is 0.942. The SMILES string of the molecule is Cc1cc(N2CCC(N)C2)c2cc([N+](=O)[O-])ccc2n1. The fourth-order valence-corrected chi connectivity index (χ4v) is 2.71. The van der Waals surface area contributed by atoms with Crippen LogP contribution in [0.4, 0.5) is 11.4 Å². The standard InChI is InChI=1S/C14H16N4O2/c1-9-6-14(17-5-4-10(15)8-17)12-7-11(18(19)20)2-3-13(12)16-9/h2-3,6-7,10H,4-5,8,15H2,1H3. The van der Waals surface area contributed by atoms with Crippen LogP contribution < -0.4 is 10.6 Å². The van der Waals surface area contributed by atoms with Gasteiger partial charge in [-0.1, -0.05) is 0 Å². The van der Waals surface area contributed by atoms with Gasteiger partial charge < -0.3 is 10.6 Å². The van der Waals surface area contributed by atoms with E-state index in [1.807, 2.05) is 13.0 Å². The van der Waals surface area contributed by atoms with Gasteiger partial charge in [0, 0.05) is 48.0 Å². The Bertz CT molecular complexity index is 686. The average Bonchev–Trinajstić information content (AvgIpc) is 2.83. The van der Waals surface area contributed by atoms with Crippen LogP contribution in [0.2, 0.25) is 0 Å². The molecular formula is C14H16N4O2. The second-order valence-electron chi connectivity index (χ2n) is 5.24. The summed E-state index contributed by atoms with van der Waals surface area (Å²) in [6, 6.07) is 6.94. The molecule has 2 N–H and O–H groups in total. The van der Waals surface area contributed by atoms with Crippen LogP contribution in [0.5, 0.6) is 0 Å². The van der Waals surface area contributed by atoms with E-state index >= 15 is 0 Å². The minimum atomic E-state index is -0.376. The monoisotopic (exact) mass is 272 g/mol. The van der Waals surface area contributed by atoms with E-state index in [9.17, 15) is 10.1 Å². The number of anilines is 1. The largest absolute Gasteiger partial charge is 0.369 e. The summed E-state index contributed by atoms with van der Waals surface area (Å²) < 4.78 is 0. The lowest BCUT2D eigenvalue weighted by molar-refractivity contribution is -0.384. The summed E-state index contributed by atoms with van der Waals surface area (Å²) >= 11 is 0. The maximum atomic E-state index is 10.9. The van der Waals surface area contributed by atoms with E-state index in [0.29, 0.717) is 0 Å². The molecule has 0 saturated carbocycles. The molecule has 0 radical (unpaired) electrons. The number of rotatable bonds is 2. The number of non-ortho nitro benzene ring substituents is 1. The van der Waals surface area contributed by atoms with Crippen molar-refractivity contribution in [1.29, 1.82) is 0 Å². The van der Waals surface area contributed by atoms with Crippen molar-refractivity contribution in [2.75, 3.05) is 18.0 Å². The summed E-state index contributed by atoms with van der Waals surface area (Å²) in [7, 11) is 0. The van der Waals surface area contributed by atoms with Gasteiger partial charge in [-0.05, 0) is 25.5 Å². The smallest absolute Gasteiger partial charge is 0.270 e. The number of hydrogen-bond donors (Lipinski definition) is 1. The summed E-state index contributed by atoms with van der Waals surface area (Å²) in [4.78, 5) is 17.2. The predicted octanol–water partition coefficient (Wildman–Crippen LogP) is 1.99. The Kier molecular flexibility index (Phi) is 3.02. The van der Waals surface area contributed by atoms with E-state index in [1.54, 1.807) is 12.1 Å². The van der Waals surface area contributed by atoms with E-state index < -0.39 is 0 Å². The summed E-state index contributed by atoms with van der Waals surface area (Å²) in [5, 5.41) is 11.8. The van der Waals surface area contributed by atoms with Crippen molar-refractivity contribution in [3.8, 4) is 0 Å². The zero-order valence-electron chi connectivity index (χ0n) is 11.2. The highest BCUT2D eigenvalue weighted by molar-refractivity contribution is 5.93. The summed E-state index contributed by atoms with van der Waals surface area (Å²) in [6.45, 7) is 3.59. The maximum Gasteiger partial charge on any atom is 0.270 e. The van der Waals surface area contributed by atoms with Crippen molar-refractivity contribution < 1.29 is 4.92 Å². The Labute approximate surface area is 116 Å². The van der Waals surface area contributed by atoms with Crippen LogP contribution in [0, 0.1) is 17.0 Å². The summed E-state index contributed by atoms with van der Waals surface area (Å²) in [5.74, 6) is 0. The number of aryl methyl sites for hydroxylation is 1. The molecule has 6 heteroatoms. The molecule has 2 aromatic rings. The number of benzene rings is 1. The van der Waals surface area contributed by atoms with Gasteiger partial charge >= 0.3 is 0 Å². The molecule has 1 saturated heterocycles. The Balaban J connectivity index is 2.18. The molecule has 0 bridgehead atoms. The number of fused-ring (bicyclic) bond motifs is 1. The van der Waals surface area contributed by atoms with E-state index in [1.165, 1.54) is 6.07 Å². The Morgan fingerprint density at radius 1 is 1.45 bits per heavy atom. The van der Waals surface area contributed by atoms with Crippen LogP contribution in [0.15, 0.2) is 24.3 Å². The quantitative estimate of drug-likeness (QED) is 0.667. The van der Waals surface area contributed by atoms with Crippen molar-refractivity contribution in [1.82, 2.24) is 4.98 Å². The molecule has 1 aromatic heterocycles. The lowest BCUT2D eigenvalue weighted by Gasteiger charge is -2.20. The van der Waals surface area contributed by atoms with Crippen molar-refractivity contribution in [3.63, 3.8) is 0 Å². The topological polar surface area (TPSA) is 85.3 Å². The third-order valence-corrected chi connectivity index (χ3v) is 3.67. The molecule has 0 spiro atoms. The van der Waals surface area contributed by atoms with E-state index in [0.717, 1.165) is 41.8 Å². The van der Waals surface area contributed by atoms with Gasteiger partial charge in [0.05, 0.1) is 10.4 Å². The molecule has 1 aromatic carbocycles. The predicted molar refractivity (Wildman–Crippen MR) is 77.9 cm³/mol. The highest BCUT2D eigenvalue weighted by Crippen LogP contribution is 2.31. The number of nitrogens with two attached hydrogens (primary N) is 1. The molecule has 1 aliphatic rings. The van der Waals surface area contributed by atoms with Crippen LogP contribution in [-0.2, 0) is 0 Å². The third-order valence-electron chi connectivity index (χ3n) is 3.67. The van der Waals surface area contributed by atoms with Crippen LogP contribution in [-0.4, -0.2) is 29.0 Å². The van der Waals surface area contributed by atoms with Crippen LogP contribution in [0.3, 0.4) is 0 Å². The van der Waals surface area contributed by atoms with Crippen molar-refractivity contribution in [3.05, 3.63) is 40.1 Å². The van der Waals surface area contributed by atoms with Crippen LogP contribution in [0.1, 0.15) is 12.1 Å². The fraction of sp³-hybridized carbons (Fsp3) is 0.357. The molecule has 0 aliphatic carbocycles. The van der Waals surface area contributed by atoms with Gasteiger partial charge in [0.1, 0.15) is 0 Å². The number of nitro benzene ring substituents is 1. The lowest BCUT2D eigenvalue weighted by Crippen LogP contribution is -2.26. The minimum Gasteiger partial charge on any atom is -0.369 e. The normalized spacial score (nSPS) is 18.7. The number of nitro groups is 1. The van der Waals surface area contributed by atoms with Gasteiger partial charge in [0.25, 0.3) is 5.69 Å². The molecule has 6 nitrogen and oxygen atoms in total. The number of hydrogen-bond acceptors (Lipinski definition) is 5. The van der Waals surface area contributed by atoms with Crippen molar-refractivity contribution in [2.45, 2.75) is 19.4 Å². The number of aromatic nitrogens is 1. The van der Waals surface area contributed by atoms with Gasteiger partial charge in [-0.25, -0.2) is 0 Å². The average molecular weight is 272 g/mol. The first-order valence-corrected chi connectivity index (χ1v) is 6.61. The molecule has 1 fully saturated rings. The highest BCUT2D eigenvalue weighted by Gasteiger charge is 2.22. The van der Waals surface area contributed by atoms with Crippen LogP contribution in [0.25, 0.3) is 10.9 Å². The summed E-state index contributed by atoms with van der Waals surface area (Å²) in [5.41, 5.74) is 8.73. The molecule has 0 amide bonds. The molecule has 1 unspecified atom stereocenters. The first-order valence-electron chi connectivity index (χ1n) is 6.61. The lowest BCUT2D eigenvalue weighted by atomic mass is 10.1. The second kappa shape index (κ2) is 4.72. The Morgan fingerprint density at radius 3 is 2.90 bits per heavy atom. The minimum absolute atomic E-state index is 0.0906. The van der Waals surface area contributed by atoms with E-state index in [-0.39, 0.29) is 16.7 Å². The second-order valence-corrected chi connectivity index (χ2v) is 5.24. The van der Waals surface area contributed by atoms with Crippen molar-refractivity contribution >= 4 is 22.3 Å². The van der Waals surface area contributed by atoms with Gasteiger partial charge in [-0.2, -0.15) is 0 Å². The van der Waals surface area contributed by atoms with Gasteiger partial charge in [0.2, 0.25) is 0 Å². The molecule has 3 rings (SSSR count). The van der Waals surface area contributed by atoms with Gasteiger partial charge in [-0.15, -0.1) is 0 Å². The van der Waals surface area contributed by atoms with E-state index in [2.05, 4.69) is 9.88 Å². The molecular weight excluding hydrogens is 256 g/mol. The van der Waals surface area contributed by atoms with Crippen LogP contribution >= 0.6 is 0 Å². The van der Waals surface area contributed by atoms with Crippen molar-refractivity contribution in [2.24, 2.45) is 5.73 Å². The third kappa shape index (κ3) is 2.18. The fourth-order valence-electron chi connectivity index (χ4n) is 2.71. The first-order chi connectivity index (χ1) is 9.54. The molecule has 1 atom stereocenters. The van der Waals surface area contributed by atoms with Gasteiger partial charge in [0.15, 0.2) is 0 Å². The molecule has 20 heavy (non-hydrogen) atoms. The molecule has 2 heterocycles. The number of nitrogens with zero attached hydrogens (tertiary/aromatic N) is 3. The molecule has 104 valence electrons. The maximum absolute atomic E-state index is 10.9. The van der Waals surface area contributed by atoms with Gasteiger partial charge in [-0.3, -0.25) is 15.1 Å². The Hall–Kier alpha value is -2.21. The zero-order valence-corrected chi connectivity index (χ0v) is 11.2. The number of pyridine rings is 1. The highest BCUT2D eigenvalue weighted by atomic mass is 16.6. The Morgan fingerprint density at radius 2 is 2.25 bits per heavy atom. The zero-order chi connectivity index (χ0) is 14.3.